The SMILES string of the molecule is CC(=O)O[C@H]1CC[C@H]2[C@@H]3C[C@@H](C)C4=CC5(CC[C@]4(C)[C@H]3CC[C@]12C)SCCS5. The molecule has 0 aromatic carbocycles. The molecule has 2 nitrogen and oxygen atoms in total. The lowest BCUT2D eigenvalue weighted by Gasteiger charge is -2.60. The Morgan fingerprint density at radius 3 is 2.54 bits per heavy atom. The zero-order valence-corrected chi connectivity index (χ0v) is 19.6. The van der Waals surface area contributed by atoms with Crippen LogP contribution in [-0.4, -0.2) is 27.7 Å². The third-order valence-electron chi connectivity index (χ3n) is 9.44. The van der Waals surface area contributed by atoms with Crippen molar-refractivity contribution < 1.29 is 9.53 Å². The molecule has 4 fully saturated rings. The minimum atomic E-state index is -0.0904. The van der Waals surface area contributed by atoms with Crippen LogP contribution >= 0.6 is 23.5 Å². The van der Waals surface area contributed by atoms with E-state index in [0.717, 1.165) is 24.2 Å². The molecule has 4 heteroatoms. The molecule has 3 saturated carbocycles. The first-order chi connectivity index (χ1) is 13.3. The summed E-state index contributed by atoms with van der Waals surface area (Å²) in [4.78, 5) is 11.7. The number of carbonyl (C=O) groups excluding carboxylic acids is 1. The van der Waals surface area contributed by atoms with Crippen LogP contribution in [0, 0.1) is 34.5 Å². The van der Waals surface area contributed by atoms with Crippen LogP contribution in [0.15, 0.2) is 11.6 Å². The van der Waals surface area contributed by atoms with E-state index in [2.05, 4.69) is 50.4 Å². The molecular weight excluding hydrogens is 384 g/mol. The van der Waals surface area contributed by atoms with Gasteiger partial charge >= 0.3 is 5.97 Å². The van der Waals surface area contributed by atoms with Crippen LogP contribution in [0.3, 0.4) is 0 Å². The fraction of sp³-hybridized carbons (Fsp3) is 0.875. The number of allylic oxidation sites excluding steroid dienone is 1. The highest BCUT2D eigenvalue weighted by molar-refractivity contribution is 8.21. The van der Waals surface area contributed by atoms with Gasteiger partial charge in [-0.25, -0.2) is 0 Å². The zero-order chi connectivity index (χ0) is 19.7. The van der Waals surface area contributed by atoms with Gasteiger partial charge < -0.3 is 4.74 Å². The third-order valence-corrected chi connectivity index (χ3v) is 12.8. The lowest BCUT2D eigenvalue weighted by molar-refractivity contribution is -0.157. The van der Waals surface area contributed by atoms with Gasteiger partial charge in [0.2, 0.25) is 0 Å². The number of carbonyl (C=O) groups is 1. The van der Waals surface area contributed by atoms with Crippen molar-refractivity contribution in [1.29, 1.82) is 0 Å². The Morgan fingerprint density at radius 1 is 1.07 bits per heavy atom. The number of fused-ring (bicyclic) bond motifs is 5. The molecule has 28 heavy (non-hydrogen) atoms. The second-order valence-electron chi connectivity index (χ2n) is 10.8. The maximum Gasteiger partial charge on any atom is 0.302 e. The van der Waals surface area contributed by atoms with E-state index < -0.39 is 0 Å². The summed E-state index contributed by atoms with van der Waals surface area (Å²) < 4.78 is 6.23. The van der Waals surface area contributed by atoms with Gasteiger partial charge in [0.1, 0.15) is 6.10 Å². The summed E-state index contributed by atoms with van der Waals surface area (Å²) in [6.45, 7) is 9.15. The Bertz CT molecular complexity index is 697. The van der Waals surface area contributed by atoms with Gasteiger partial charge in [0, 0.05) is 23.8 Å². The molecule has 0 aromatic heterocycles. The minimum absolute atomic E-state index is 0.0904. The maximum atomic E-state index is 11.7. The Kier molecular flexibility index (Phi) is 4.75. The average molecular weight is 421 g/mol. The molecule has 0 radical (unpaired) electrons. The predicted octanol–water partition coefficient (Wildman–Crippen LogP) is 6.30. The first-order valence-corrected chi connectivity index (χ1v) is 13.4. The molecule has 0 bridgehead atoms. The lowest BCUT2D eigenvalue weighted by atomic mass is 9.45. The molecular formula is C24H36O2S2. The van der Waals surface area contributed by atoms with Gasteiger partial charge in [0.25, 0.3) is 0 Å². The molecule has 5 rings (SSSR count). The Labute approximate surface area is 179 Å². The van der Waals surface area contributed by atoms with Crippen LogP contribution < -0.4 is 0 Å². The smallest absolute Gasteiger partial charge is 0.302 e. The molecule has 1 saturated heterocycles. The van der Waals surface area contributed by atoms with Gasteiger partial charge in [0.05, 0.1) is 4.08 Å². The highest BCUT2D eigenvalue weighted by Crippen LogP contribution is 2.68. The highest BCUT2D eigenvalue weighted by atomic mass is 32.2. The summed E-state index contributed by atoms with van der Waals surface area (Å²) in [5.41, 5.74) is 2.41. The predicted molar refractivity (Wildman–Crippen MR) is 119 cm³/mol. The number of esters is 1. The Morgan fingerprint density at radius 2 is 1.82 bits per heavy atom. The topological polar surface area (TPSA) is 26.3 Å². The summed E-state index contributed by atoms with van der Waals surface area (Å²) in [7, 11) is 0. The average Bonchev–Trinajstić information content (AvgIpc) is 3.22. The summed E-state index contributed by atoms with van der Waals surface area (Å²) in [6, 6.07) is 0. The highest BCUT2D eigenvalue weighted by Gasteiger charge is 2.61. The van der Waals surface area contributed by atoms with E-state index in [-0.39, 0.29) is 17.5 Å². The van der Waals surface area contributed by atoms with Crippen molar-refractivity contribution in [3.63, 3.8) is 0 Å². The van der Waals surface area contributed by atoms with Crippen molar-refractivity contribution in [1.82, 2.24) is 0 Å². The van der Waals surface area contributed by atoms with Gasteiger partial charge in [-0.05, 0) is 74.0 Å². The maximum absolute atomic E-state index is 11.7. The summed E-state index contributed by atoms with van der Waals surface area (Å²) in [5.74, 6) is 5.65. The first-order valence-electron chi connectivity index (χ1n) is 11.5. The molecule has 1 spiro atoms. The summed E-state index contributed by atoms with van der Waals surface area (Å²) in [6.07, 6.45) is 11.9. The van der Waals surface area contributed by atoms with Crippen molar-refractivity contribution in [2.45, 2.75) is 82.8 Å². The number of hydrogen-bond donors (Lipinski definition) is 0. The molecule has 0 N–H and O–H groups in total. The molecule has 7 atom stereocenters. The van der Waals surface area contributed by atoms with E-state index in [9.17, 15) is 4.79 Å². The van der Waals surface area contributed by atoms with Gasteiger partial charge in [-0.15, -0.1) is 23.5 Å². The second kappa shape index (κ2) is 6.70. The fourth-order valence-corrected chi connectivity index (χ4v) is 11.2. The van der Waals surface area contributed by atoms with Crippen molar-refractivity contribution >= 4 is 29.5 Å². The largest absolute Gasteiger partial charge is 0.462 e. The van der Waals surface area contributed by atoms with Crippen molar-refractivity contribution in [2.24, 2.45) is 34.5 Å². The second-order valence-corrected chi connectivity index (χ2v) is 13.9. The summed E-state index contributed by atoms with van der Waals surface area (Å²) in [5, 5.41) is 0. The van der Waals surface area contributed by atoms with Crippen molar-refractivity contribution in [3.05, 3.63) is 11.6 Å². The molecule has 4 aliphatic carbocycles. The zero-order valence-electron chi connectivity index (χ0n) is 18.0. The monoisotopic (exact) mass is 420 g/mol. The van der Waals surface area contributed by atoms with Gasteiger partial charge in [-0.3, -0.25) is 4.79 Å². The van der Waals surface area contributed by atoms with E-state index in [1.807, 2.05) is 0 Å². The van der Waals surface area contributed by atoms with Gasteiger partial charge in [-0.2, -0.15) is 0 Å². The minimum Gasteiger partial charge on any atom is -0.462 e. The number of thioether (sulfide) groups is 2. The molecule has 0 unspecified atom stereocenters. The Balaban J connectivity index is 1.46. The quantitative estimate of drug-likeness (QED) is 0.367. The van der Waals surface area contributed by atoms with Crippen LogP contribution in [0.1, 0.15) is 72.6 Å². The van der Waals surface area contributed by atoms with E-state index in [0.29, 0.717) is 15.4 Å². The van der Waals surface area contributed by atoms with E-state index >= 15 is 0 Å². The van der Waals surface area contributed by atoms with Crippen LogP contribution in [0.25, 0.3) is 0 Å². The fourth-order valence-electron chi connectivity index (χ4n) is 8.14. The van der Waals surface area contributed by atoms with E-state index in [4.69, 9.17) is 4.74 Å². The number of ether oxygens (including phenoxy) is 1. The van der Waals surface area contributed by atoms with E-state index in [1.165, 1.54) is 50.0 Å². The van der Waals surface area contributed by atoms with Crippen LogP contribution in [-0.2, 0) is 9.53 Å². The van der Waals surface area contributed by atoms with Crippen LogP contribution in [0.2, 0.25) is 0 Å². The van der Waals surface area contributed by atoms with Gasteiger partial charge in [0.15, 0.2) is 0 Å². The molecule has 156 valence electrons. The van der Waals surface area contributed by atoms with Crippen molar-refractivity contribution in [2.75, 3.05) is 11.5 Å². The van der Waals surface area contributed by atoms with Crippen LogP contribution in [0.4, 0.5) is 0 Å². The lowest BCUT2D eigenvalue weighted by Crippen LogP contribution is -2.53. The molecule has 0 aromatic rings. The van der Waals surface area contributed by atoms with Crippen molar-refractivity contribution in [3.8, 4) is 0 Å². The van der Waals surface area contributed by atoms with Gasteiger partial charge in [-0.1, -0.05) is 32.4 Å². The third kappa shape index (κ3) is 2.79. The number of hydrogen-bond acceptors (Lipinski definition) is 4. The summed E-state index contributed by atoms with van der Waals surface area (Å²) >= 11 is 4.42. The van der Waals surface area contributed by atoms with Crippen LogP contribution in [0.5, 0.6) is 0 Å². The molecule has 1 aliphatic heterocycles. The first kappa shape index (κ1) is 19.8. The Hall–Kier alpha value is -0.0900. The molecule has 5 aliphatic rings. The standard InChI is InChI=1S/C24H36O2S2/c1-15-13-17-18-5-6-21(26-16(2)25)23(18,4)8-7-19(17)22(3)9-10-24(14-20(15)22)27-11-12-28-24/h14-15,17-19,21H,5-13H2,1-4H3/t15-,17+,18+,19+,21+,22-,23+/m1/s1. The normalized spacial score (nSPS) is 49.1. The van der Waals surface area contributed by atoms with E-state index in [1.54, 1.807) is 12.5 Å². The number of rotatable bonds is 1. The molecule has 1 heterocycles. The molecule has 0 amide bonds.